The fraction of sp³-hybridized carbons (Fsp3) is 0.667. The SMILES string of the molecule is CC(C)OC(CCCCCc1ccc(F)cc1)(O[SiH3])OC(C)C. The molecule has 0 saturated heterocycles. The summed E-state index contributed by atoms with van der Waals surface area (Å²) >= 11 is 0. The van der Waals surface area contributed by atoms with E-state index in [-0.39, 0.29) is 18.0 Å². The number of aryl methyl sites for hydroxylation is 1. The molecule has 0 unspecified atom stereocenters. The molecule has 0 saturated carbocycles. The van der Waals surface area contributed by atoms with Gasteiger partial charge in [0.25, 0.3) is 5.97 Å². The van der Waals surface area contributed by atoms with Crippen LogP contribution in [0.2, 0.25) is 0 Å². The third-order valence-electron chi connectivity index (χ3n) is 3.50. The summed E-state index contributed by atoms with van der Waals surface area (Å²) < 4.78 is 30.4. The van der Waals surface area contributed by atoms with E-state index in [1.165, 1.54) is 17.7 Å². The average Bonchev–Trinajstić information content (AvgIpc) is 2.47. The molecule has 0 aliphatic rings. The van der Waals surface area contributed by atoms with Crippen molar-refractivity contribution >= 4 is 10.5 Å². The number of rotatable bonds is 11. The van der Waals surface area contributed by atoms with Gasteiger partial charge in [0.2, 0.25) is 0 Å². The van der Waals surface area contributed by atoms with E-state index in [9.17, 15) is 4.39 Å². The van der Waals surface area contributed by atoms with Crippen LogP contribution >= 0.6 is 0 Å². The second-order valence-electron chi connectivity index (χ2n) is 6.41. The van der Waals surface area contributed by atoms with Crippen LogP contribution < -0.4 is 0 Å². The Morgan fingerprint density at radius 1 is 0.957 bits per heavy atom. The molecular weight excluding hydrogens is 311 g/mol. The van der Waals surface area contributed by atoms with Gasteiger partial charge in [-0.25, -0.2) is 4.39 Å². The Morgan fingerprint density at radius 2 is 1.52 bits per heavy atom. The highest BCUT2D eigenvalue weighted by molar-refractivity contribution is 5.98. The zero-order chi connectivity index (χ0) is 17.3. The number of hydrogen-bond donors (Lipinski definition) is 0. The van der Waals surface area contributed by atoms with Crippen LogP contribution in [0.25, 0.3) is 0 Å². The molecule has 0 radical (unpaired) electrons. The van der Waals surface area contributed by atoms with E-state index in [0.717, 1.165) is 32.1 Å². The summed E-state index contributed by atoms with van der Waals surface area (Å²) in [7, 11) is 0.570. The number of halogens is 1. The molecule has 23 heavy (non-hydrogen) atoms. The Hall–Kier alpha value is -0.753. The fourth-order valence-electron chi connectivity index (χ4n) is 2.56. The number of unbranched alkanes of at least 4 members (excludes halogenated alkanes) is 2. The van der Waals surface area contributed by atoms with Crippen molar-refractivity contribution in [2.45, 2.75) is 78.0 Å². The van der Waals surface area contributed by atoms with Gasteiger partial charge in [-0.15, -0.1) is 0 Å². The van der Waals surface area contributed by atoms with E-state index in [2.05, 4.69) is 0 Å². The summed E-state index contributed by atoms with van der Waals surface area (Å²) in [6, 6.07) is 6.74. The van der Waals surface area contributed by atoms with E-state index in [0.29, 0.717) is 10.5 Å². The van der Waals surface area contributed by atoms with E-state index >= 15 is 0 Å². The van der Waals surface area contributed by atoms with Crippen LogP contribution in [0.4, 0.5) is 4.39 Å². The van der Waals surface area contributed by atoms with Crippen molar-refractivity contribution in [2.75, 3.05) is 0 Å². The van der Waals surface area contributed by atoms with Crippen molar-refractivity contribution in [3.8, 4) is 0 Å². The molecule has 0 fully saturated rings. The molecule has 0 bridgehead atoms. The lowest BCUT2D eigenvalue weighted by Crippen LogP contribution is -2.42. The van der Waals surface area contributed by atoms with E-state index < -0.39 is 5.97 Å². The minimum atomic E-state index is -0.898. The van der Waals surface area contributed by atoms with Gasteiger partial charge in [0.1, 0.15) is 5.82 Å². The largest absolute Gasteiger partial charge is 0.380 e. The van der Waals surface area contributed by atoms with Gasteiger partial charge in [-0.05, 0) is 64.7 Å². The highest BCUT2D eigenvalue weighted by atomic mass is 28.2. The monoisotopic (exact) mass is 342 g/mol. The van der Waals surface area contributed by atoms with Crippen molar-refractivity contribution < 1.29 is 18.3 Å². The molecule has 0 atom stereocenters. The number of hydrogen-bond acceptors (Lipinski definition) is 3. The predicted octanol–water partition coefficient (Wildman–Crippen LogP) is 3.73. The van der Waals surface area contributed by atoms with Gasteiger partial charge < -0.3 is 13.9 Å². The standard InChI is InChI=1S/C18H31FO3Si/c1-14(2)20-18(22-23,21-15(3)4)13-7-5-6-8-16-9-11-17(19)12-10-16/h9-12,14-15H,5-8,13H2,1-4,23H3. The van der Waals surface area contributed by atoms with Crippen LogP contribution in [0.1, 0.15) is 58.9 Å². The fourth-order valence-corrected chi connectivity index (χ4v) is 2.96. The lowest BCUT2D eigenvalue weighted by atomic mass is 10.1. The number of ether oxygens (including phenoxy) is 2. The summed E-state index contributed by atoms with van der Waals surface area (Å²) in [5.41, 5.74) is 1.17. The molecule has 0 spiro atoms. The van der Waals surface area contributed by atoms with Crippen molar-refractivity contribution in [3.63, 3.8) is 0 Å². The smallest absolute Gasteiger partial charge is 0.273 e. The third kappa shape index (κ3) is 8.06. The van der Waals surface area contributed by atoms with Gasteiger partial charge in [-0.1, -0.05) is 18.6 Å². The van der Waals surface area contributed by atoms with Crippen LogP contribution in [0, 0.1) is 5.82 Å². The zero-order valence-corrected chi connectivity index (χ0v) is 17.1. The lowest BCUT2D eigenvalue weighted by molar-refractivity contribution is -0.369. The summed E-state index contributed by atoms with van der Waals surface area (Å²) in [5.74, 6) is -1.08. The van der Waals surface area contributed by atoms with E-state index in [1.54, 1.807) is 0 Å². The first-order valence-corrected chi connectivity index (χ1v) is 9.34. The summed E-state index contributed by atoms with van der Waals surface area (Å²) in [5, 5.41) is 0. The molecule has 132 valence electrons. The predicted molar refractivity (Wildman–Crippen MR) is 94.8 cm³/mol. The van der Waals surface area contributed by atoms with Crippen molar-refractivity contribution in [1.82, 2.24) is 0 Å². The van der Waals surface area contributed by atoms with Crippen LogP contribution in [-0.2, 0) is 20.3 Å². The van der Waals surface area contributed by atoms with E-state index in [1.807, 2.05) is 39.8 Å². The molecule has 0 aromatic heterocycles. The lowest BCUT2D eigenvalue weighted by Gasteiger charge is -2.36. The number of benzene rings is 1. The maximum Gasteiger partial charge on any atom is 0.273 e. The first-order valence-electron chi connectivity index (χ1n) is 8.52. The van der Waals surface area contributed by atoms with Gasteiger partial charge in [0.05, 0.1) is 12.2 Å². The maximum atomic E-state index is 12.9. The average molecular weight is 343 g/mol. The Kier molecular flexibility index (Phi) is 8.98. The second kappa shape index (κ2) is 10.2. The van der Waals surface area contributed by atoms with Gasteiger partial charge in [-0.3, -0.25) is 0 Å². The van der Waals surface area contributed by atoms with Crippen molar-refractivity contribution in [3.05, 3.63) is 35.6 Å². The Bertz CT molecular complexity index is 424. The van der Waals surface area contributed by atoms with Crippen LogP contribution in [0.15, 0.2) is 24.3 Å². The molecular formula is C18H31FO3Si. The minimum Gasteiger partial charge on any atom is -0.380 e. The quantitative estimate of drug-likeness (QED) is 0.348. The molecule has 1 aromatic rings. The van der Waals surface area contributed by atoms with Crippen molar-refractivity contribution in [2.24, 2.45) is 0 Å². The summed E-state index contributed by atoms with van der Waals surface area (Å²) in [4.78, 5) is 0. The molecule has 0 aliphatic carbocycles. The van der Waals surface area contributed by atoms with Crippen LogP contribution in [0.5, 0.6) is 0 Å². The van der Waals surface area contributed by atoms with Crippen molar-refractivity contribution in [1.29, 1.82) is 0 Å². The minimum absolute atomic E-state index is 0.0573. The molecule has 1 aromatic carbocycles. The normalized spacial score (nSPS) is 12.5. The van der Waals surface area contributed by atoms with Gasteiger partial charge in [0, 0.05) is 6.42 Å². The molecule has 5 heteroatoms. The molecule has 0 heterocycles. The second-order valence-corrected chi connectivity index (χ2v) is 6.82. The Morgan fingerprint density at radius 3 is 2.00 bits per heavy atom. The summed E-state index contributed by atoms with van der Waals surface area (Å²) in [6.45, 7) is 7.97. The highest BCUT2D eigenvalue weighted by Crippen LogP contribution is 2.26. The Labute approximate surface area is 143 Å². The van der Waals surface area contributed by atoms with Crippen LogP contribution in [0.3, 0.4) is 0 Å². The highest BCUT2D eigenvalue weighted by Gasteiger charge is 2.33. The third-order valence-corrected chi connectivity index (χ3v) is 4.13. The first kappa shape index (κ1) is 20.3. The molecule has 0 aliphatic heterocycles. The molecule has 3 nitrogen and oxygen atoms in total. The maximum absolute atomic E-state index is 12.9. The van der Waals surface area contributed by atoms with Gasteiger partial charge >= 0.3 is 0 Å². The summed E-state index contributed by atoms with van der Waals surface area (Å²) in [6.07, 6.45) is 4.91. The molecule has 0 N–H and O–H groups in total. The first-order chi connectivity index (χ1) is 10.9. The Balaban J connectivity index is 2.40. The van der Waals surface area contributed by atoms with Gasteiger partial charge in [0.15, 0.2) is 10.5 Å². The molecule has 0 amide bonds. The van der Waals surface area contributed by atoms with Crippen LogP contribution in [-0.4, -0.2) is 28.7 Å². The molecule has 1 rings (SSSR count). The van der Waals surface area contributed by atoms with E-state index in [4.69, 9.17) is 13.9 Å². The zero-order valence-electron chi connectivity index (χ0n) is 15.1. The topological polar surface area (TPSA) is 27.7 Å². The van der Waals surface area contributed by atoms with Gasteiger partial charge in [-0.2, -0.15) is 0 Å².